The van der Waals surface area contributed by atoms with E-state index in [4.69, 9.17) is 9.47 Å². The summed E-state index contributed by atoms with van der Waals surface area (Å²) in [7, 11) is 3.15. The number of halogens is 1. The molecule has 1 unspecified atom stereocenters. The van der Waals surface area contributed by atoms with Gasteiger partial charge in [0, 0.05) is 12.5 Å². The molecule has 0 bridgehead atoms. The van der Waals surface area contributed by atoms with Crippen LogP contribution in [0.3, 0.4) is 0 Å². The number of methoxy groups -OCH3 is 2. The summed E-state index contributed by atoms with van der Waals surface area (Å²) < 4.78 is 23.4. The largest absolute Gasteiger partial charge is 0.493 e. The van der Waals surface area contributed by atoms with E-state index in [2.05, 4.69) is 5.32 Å². The molecule has 5 heteroatoms. The number of benzene rings is 2. The van der Waals surface area contributed by atoms with Crippen LogP contribution in [0.5, 0.6) is 11.5 Å². The molecule has 0 aliphatic heterocycles. The van der Waals surface area contributed by atoms with Gasteiger partial charge in [0.15, 0.2) is 11.5 Å². The maximum absolute atomic E-state index is 12.9. The first-order valence-corrected chi connectivity index (χ1v) is 7.76. The predicted molar refractivity (Wildman–Crippen MR) is 90.7 cm³/mol. The van der Waals surface area contributed by atoms with Crippen LogP contribution in [0.25, 0.3) is 0 Å². The monoisotopic (exact) mass is 331 g/mol. The molecule has 0 radical (unpaired) electrons. The second-order valence-electron chi connectivity index (χ2n) is 5.64. The second kappa shape index (κ2) is 8.34. The molecule has 0 saturated carbocycles. The molecule has 0 saturated heterocycles. The highest BCUT2D eigenvalue weighted by Gasteiger charge is 2.14. The molecule has 0 fully saturated rings. The molecule has 4 nitrogen and oxygen atoms in total. The van der Waals surface area contributed by atoms with E-state index in [1.807, 2.05) is 25.1 Å². The average Bonchev–Trinajstić information content (AvgIpc) is 2.61. The van der Waals surface area contributed by atoms with Gasteiger partial charge in [-0.3, -0.25) is 4.79 Å². The molecular formula is C19H22FNO3. The fraction of sp³-hybridized carbons (Fsp3) is 0.316. The summed E-state index contributed by atoms with van der Waals surface area (Å²) in [6.45, 7) is 2.26. The van der Waals surface area contributed by atoms with E-state index in [1.54, 1.807) is 26.4 Å². The van der Waals surface area contributed by atoms with Crippen LogP contribution < -0.4 is 14.8 Å². The van der Waals surface area contributed by atoms with Crippen molar-refractivity contribution in [3.05, 3.63) is 59.4 Å². The van der Waals surface area contributed by atoms with Crippen molar-refractivity contribution < 1.29 is 18.7 Å². The Labute approximate surface area is 141 Å². The molecule has 1 atom stereocenters. The Morgan fingerprint density at radius 3 is 2.29 bits per heavy atom. The highest BCUT2D eigenvalue weighted by molar-refractivity contribution is 5.78. The summed E-state index contributed by atoms with van der Waals surface area (Å²) >= 11 is 0. The van der Waals surface area contributed by atoms with Crippen molar-refractivity contribution >= 4 is 5.91 Å². The summed E-state index contributed by atoms with van der Waals surface area (Å²) in [5.41, 5.74) is 1.86. The third kappa shape index (κ3) is 4.72. The standard InChI is InChI=1S/C19H22FNO3/c1-13(10-14-4-7-16(20)8-5-14)19(22)21-12-15-6-9-17(23-2)18(11-15)24-3/h4-9,11,13H,10,12H2,1-3H3,(H,21,22). The van der Waals surface area contributed by atoms with Gasteiger partial charge in [-0.1, -0.05) is 25.1 Å². The zero-order chi connectivity index (χ0) is 17.5. The Morgan fingerprint density at radius 2 is 1.67 bits per heavy atom. The zero-order valence-electron chi connectivity index (χ0n) is 14.1. The second-order valence-corrected chi connectivity index (χ2v) is 5.64. The molecule has 1 amide bonds. The van der Waals surface area contributed by atoms with E-state index in [0.717, 1.165) is 11.1 Å². The van der Waals surface area contributed by atoms with Gasteiger partial charge in [0.2, 0.25) is 5.91 Å². The van der Waals surface area contributed by atoms with E-state index >= 15 is 0 Å². The number of carbonyl (C=O) groups excluding carboxylic acids is 1. The maximum Gasteiger partial charge on any atom is 0.223 e. The lowest BCUT2D eigenvalue weighted by Gasteiger charge is -2.13. The van der Waals surface area contributed by atoms with Crippen LogP contribution in [0.15, 0.2) is 42.5 Å². The molecule has 2 aromatic carbocycles. The van der Waals surface area contributed by atoms with Crippen LogP contribution in [-0.2, 0) is 17.8 Å². The minimum absolute atomic E-state index is 0.0471. The minimum atomic E-state index is -0.274. The normalized spacial score (nSPS) is 11.7. The fourth-order valence-electron chi connectivity index (χ4n) is 2.42. The van der Waals surface area contributed by atoms with Gasteiger partial charge in [-0.15, -0.1) is 0 Å². The summed E-state index contributed by atoms with van der Waals surface area (Å²) in [4.78, 5) is 12.2. The van der Waals surface area contributed by atoms with Crippen molar-refractivity contribution in [2.75, 3.05) is 14.2 Å². The smallest absolute Gasteiger partial charge is 0.223 e. The van der Waals surface area contributed by atoms with Gasteiger partial charge in [0.1, 0.15) is 5.82 Å². The molecule has 1 N–H and O–H groups in total. The summed E-state index contributed by atoms with van der Waals surface area (Å²) in [5, 5.41) is 2.91. The van der Waals surface area contributed by atoms with E-state index in [9.17, 15) is 9.18 Å². The van der Waals surface area contributed by atoms with Crippen LogP contribution in [0.1, 0.15) is 18.1 Å². The van der Waals surface area contributed by atoms with E-state index in [0.29, 0.717) is 24.5 Å². The first-order chi connectivity index (χ1) is 11.5. The number of hydrogen-bond donors (Lipinski definition) is 1. The molecule has 0 spiro atoms. The number of carbonyl (C=O) groups is 1. The first-order valence-electron chi connectivity index (χ1n) is 7.76. The van der Waals surface area contributed by atoms with Gasteiger partial charge in [-0.05, 0) is 41.8 Å². The third-order valence-corrected chi connectivity index (χ3v) is 3.82. The molecule has 0 heterocycles. The van der Waals surface area contributed by atoms with Gasteiger partial charge in [-0.25, -0.2) is 4.39 Å². The number of ether oxygens (including phenoxy) is 2. The molecule has 0 aliphatic carbocycles. The van der Waals surface area contributed by atoms with Crippen molar-refractivity contribution in [1.29, 1.82) is 0 Å². The van der Waals surface area contributed by atoms with Crippen molar-refractivity contribution in [2.24, 2.45) is 5.92 Å². The van der Waals surface area contributed by atoms with Gasteiger partial charge >= 0.3 is 0 Å². The molecule has 128 valence electrons. The zero-order valence-corrected chi connectivity index (χ0v) is 14.1. The summed E-state index contributed by atoms with van der Waals surface area (Å²) in [6.07, 6.45) is 0.568. The topological polar surface area (TPSA) is 47.6 Å². The van der Waals surface area contributed by atoms with Crippen LogP contribution >= 0.6 is 0 Å². The lowest BCUT2D eigenvalue weighted by atomic mass is 10.0. The van der Waals surface area contributed by atoms with Gasteiger partial charge < -0.3 is 14.8 Å². The first kappa shape index (κ1) is 17.8. The molecule has 0 aromatic heterocycles. The number of amides is 1. The Morgan fingerprint density at radius 1 is 1.04 bits per heavy atom. The van der Waals surface area contributed by atoms with Crippen molar-refractivity contribution in [3.63, 3.8) is 0 Å². The molecule has 2 rings (SSSR count). The Bertz CT molecular complexity index is 686. The summed E-state index contributed by atoms with van der Waals surface area (Å²) in [5.74, 6) is 0.759. The fourth-order valence-corrected chi connectivity index (χ4v) is 2.42. The molecule has 2 aromatic rings. The average molecular weight is 331 g/mol. The van der Waals surface area contributed by atoms with E-state index in [-0.39, 0.29) is 17.6 Å². The van der Waals surface area contributed by atoms with Gasteiger partial charge in [0.25, 0.3) is 0 Å². The van der Waals surface area contributed by atoms with E-state index in [1.165, 1.54) is 12.1 Å². The van der Waals surface area contributed by atoms with Crippen molar-refractivity contribution in [1.82, 2.24) is 5.32 Å². The summed E-state index contributed by atoms with van der Waals surface area (Å²) in [6, 6.07) is 11.7. The van der Waals surface area contributed by atoms with Crippen molar-refractivity contribution in [2.45, 2.75) is 19.9 Å². The molecular weight excluding hydrogens is 309 g/mol. The van der Waals surface area contributed by atoms with Crippen LogP contribution in [0.2, 0.25) is 0 Å². The Hall–Kier alpha value is -2.56. The van der Waals surface area contributed by atoms with Gasteiger partial charge in [-0.2, -0.15) is 0 Å². The number of nitrogens with one attached hydrogen (secondary N) is 1. The van der Waals surface area contributed by atoms with Crippen LogP contribution in [-0.4, -0.2) is 20.1 Å². The highest BCUT2D eigenvalue weighted by atomic mass is 19.1. The van der Waals surface area contributed by atoms with E-state index < -0.39 is 0 Å². The number of hydrogen-bond acceptors (Lipinski definition) is 3. The highest BCUT2D eigenvalue weighted by Crippen LogP contribution is 2.27. The minimum Gasteiger partial charge on any atom is -0.493 e. The van der Waals surface area contributed by atoms with Crippen LogP contribution in [0, 0.1) is 11.7 Å². The Balaban J connectivity index is 1.91. The quantitative estimate of drug-likeness (QED) is 0.846. The predicted octanol–water partition coefficient (Wildman–Crippen LogP) is 3.34. The Kier molecular flexibility index (Phi) is 6.18. The SMILES string of the molecule is COc1ccc(CNC(=O)C(C)Cc2ccc(F)cc2)cc1OC. The van der Waals surface area contributed by atoms with Crippen molar-refractivity contribution in [3.8, 4) is 11.5 Å². The van der Waals surface area contributed by atoms with Gasteiger partial charge in [0.05, 0.1) is 14.2 Å². The third-order valence-electron chi connectivity index (χ3n) is 3.82. The van der Waals surface area contributed by atoms with Crippen LogP contribution in [0.4, 0.5) is 4.39 Å². The lowest BCUT2D eigenvalue weighted by molar-refractivity contribution is -0.124. The maximum atomic E-state index is 12.9. The molecule has 24 heavy (non-hydrogen) atoms. The lowest BCUT2D eigenvalue weighted by Crippen LogP contribution is -2.29. The molecule has 0 aliphatic rings. The number of rotatable bonds is 7.